The van der Waals surface area contributed by atoms with Gasteiger partial charge in [-0.15, -0.1) is 0 Å². The summed E-state index contributed by atoms with van der Waals surface area (Å²) in [4.78, 5) is 71.7. The number of carbonyl (C=O) groups is 5. The zero-order valence-electron chi connectivity index (χ0n) is 29.7. The molecule has 8 rings (SSSR count). The molecule has 1 saturated carbocycles. The van der Waals surface area contributed by atoms with E-state index in [9.17, 15) is 34.5 Å². The molecule has 3 fully saturated rings. The number of carboxylic acid groups (broad SMARTS) is 1. The van der Waals surface area contributed by atoms with Crippen LogP contribution in [0.25, 0.3) is 0 Å². The fraction of sp³-hybridized carbons (Fsp3) is 0.244. The number of hydrogen-bond donors (Lipinski definition) is 4. The molecule has 13 nitrogen and oxygen atoms in total. The standard InChI is InChI=1S/C41H33Cl2N3O10/c1-55-22-10-6-19(7-11-22)41-27(37(50)46(40(41)54)44-29-15-8-20(42)16-28(29)43)18-26-23(35(41)34-30(47)4-3-5-32(34)56-2)13-14-25-33(26)38(51)45(36(25)49)21-9-12-24(39(52)53)31(48)17-21/h3-13,15-17,25-27,33,35,44,47-48H,14,18H2,1-2H3,(H,52,53). The Labute approximate surface area is 329 Å². The van der Waals surface area contributed by atoms with E-state index in [0.717, 1.165) is 22.0 Å². The number of halogens is 2. The molecule has 6 unspecified atom stereocenters. The molecule has 0 spiro atoms. The van der Waals surface area contributed by atoms with E-state index in [0.29, 0.717) is 21.9 Å². The second-order valence-electron chi connectivity index (χ2n) is 14.1. The Kier molecular flexibility index (Phi) is 8.97. The van der Waals surface area contributed by atoms with Crippen LogP contribution in [0.5, 0.6) is 23.0 Å². The van der Waals surface area contributed by atoms with Gasteiger partial charge in [-0.2, -0.15) is 5.01 Å². The van der Waals surface area contributed by atoms with Crippen molar-refractivity contribution in [2.75, 3.05) is 24.5 Å². The van der Waals surface area contributed by atoms with E-state index in [1.165, 1.54) is 38.5 Å². The van der Waals surface area contributed by atoms with Gasteiger partial charge in [0.05, 0.1) is 53.8 Å². The average molecular weight is 799 g/mol. The van der Waals surface area contributed by atoms with Crippen LogP contribution >= 0.6 is 23.2 Å². The number of allylic oxidation sites excluding steroid dienone is 2. The zero-order chi connectivity index (χ0) is 39.8. The smallest absolute Gasteiger partial charge is 0.339 e. The largest absolute Gasteiger partial charge is 0.508 e. The number of imide groups is 2. The minimum atomic E-state index is -1.75. The highest BCUT2D eigenvalue weighted by Gasteiger charge is 2.71. The Morgan fingerprint density at radius 3 is 2.27 bits per heavy atom. The number of hydrazine groups is 1. The van der Waals surface area contributed by atoms with E-state index in [4.69, 9.17) is 32.7 Å². The zero-order valence-corrected chi connectivity index (χ0v) is 31.2. The van der Waals surface area contributed by atoms with Gasteiger partial charge in [0.1, 0.15) is 28.6 Å². The number of carboxylic acids is 1. The highest BCUT2D eigenvalue weighted by molar-refractivity contribution is 6.36. The molecule has 15 heteroatoms. The number of nitrogens with zero attached hydrogens (tertiary/aromatic N) is 2. The number of phenols is 2. The topological polar surface area (TPSA) is 183 Å². The van der Waals surface area contributed by atoms with E-state index < -0.39 is 75.9 Å². The van der Waals surface area contributed by atoms with Crippen LogP contribution in [0.3, 0.4) is 0 Å². The normalized spacial score (nSPS) is 25.4. The van der Waals surface area contributed by atoms with E-state index in [2.05, 4.69) is 5.43 Å². The van der Waals surface area contributed by atoms with Crippen LogP contribution in [-0.4, -0.2) is 64.1 Å². The van der Waals surface area contributed by atoms with Crippen molar-refractivity contribution in [3.63, 3.8) is 0 Å². The van der Waals surface area contributed by atoms with Crippen molar-refractivity contribution in [2.24, 2.45) is 23.7 Å². The molecule has 4 N–H and O–H groups in total. The number of carbonyl (C=O) groups excluding carboxylic acids is 4. The van der Waals surface area contributed by atoms with E-state index in [-0.39, 0.29) is 46.3 Å². The lowest BCUT2D eigenvalue weighted by Gasteiger charge is -2.50. The lowest BCUT2D eigenvalue weighted by atomic mass is 9.49. The van der Waals surface area contributed by atoms with E-state index >= 15 is 4.79 Å². The molecule has 0 bridgehead atoms. The molecular formula is C41H33Cl2N3O10. The second kappa shape index (κ2) is 13.6. The number of phenolic OH excluding ortho intramolecular Hbond substituents is 1. The van der Waals surface area contributed by atoms with Crippen molar-refractivity contribution in [3.8, 4) is 23.0 Å². The number of amides is 4. The van der Waals surface area contributed by atoms with Crippen LogP contribution in [0, 0.1) is 23.7 Å². The summed E-state index contributed by atoms with van der Waals surface area (Å²) in [6.07, 6.45) is 1.82. The predicted octanol–water partition coefficient (Wildman–Crippen LogP) is 6.31. The maximum Gasteiger partial charge on any atom is 0.339 e. The van der Waals surface area contributed by atoms with E-state index in [1.807, 2.05) is 6.08 Å². The maximum absolute atomic E-state index is 15.5. The Balaban J connectivity index is 1.34. The number of benzene rings is 4. The van der Waals surface area contributed by atoms with Crippen LogP contribution in [0.2, 0.25) is 10.0 Å². The monoisotopic (exact) mass is 797 g/mol. The molecule has 0 aromatic heterocycles. The van der Waals surface area contributed by atoms with Crippen molar-refractivity contribution >= 4 is 64.2 Å². The van der Waals surface area contributed by atoms with Gasteiger partial charge in [0.15, 0.2) is 0 Å². The van der Waals surface area contributed by atoms with Gasteiger partial charge < -0.3 is 24.8 Å². The minimum absolute atomic E-state index is 0.0110. The van der Waals surface area contributed by atoms with E-state index in [1.54, 1.807) is 42.5 Å². The van der Waals surface area contributed by atoms with Gasteiger partial charge in [0, 0.05) is 22.6 Å². The maximum atomic E-state index is 15.5. The second-order valence-corrected chi connectivity index (χ2v) is 15.0. The third-order valence-electron chi connectivity index (χ3n) is 11.6. The third kappa shape index (κ3) is 5.32. The van der Waals surface area contributed by atoms with Crippen molar-refractivity contribution in [3.05, 3.63) is 117 Å². The predicted molar refractivity (Wildman–Crippen MR) is 203 cm³/mol. The highest BCUT2D eigenvalue weighted by atomic mass is 35.5. The summed E-state index contributed by atoms with van der Waals surface area (Å²) < 4.78 is 11.3. The van der Waals surface area contributed by atoms with Crippen molar-refractivity contribution < 1.29 is 48.8 Å². The molecule has 4 aromatic carbocycles. The molecule has 4 aromatic rings. The number of nitrogens with one attached hydrogen (secondary N) is 1. The highest BCUT2D eigenvalue weighted by Crippen LogP contribution is 2.66. The fourth-order valence-electron chi connectivity index (χ4n) is 9.25. The first-order valence-electron chi connectivity index (χ1n) is 17.6. The summed E-state index contributed by atoms with van der Waals surface area (Å²) in [5.74, 6) is -8.98. The van der Waals surface area contributed by atoms with Crippen LogP contribution in [-0.2, 0) is 24.6 Å². The lowest BCUT2D eigenvalue weighted by Crippen LogP contribution is -2.53. The number of fused-ring (bicyclic) bond motifs is 4. The number of aromatic carboxylic acids is 1. The molecule has 6 atom stereocenters. The lowest BCUT2D eigenvalue weighted by molar-refractivity contribution is -0.138. The summed E-state index contributed by atoms with van der Waals surface area (Å²) in [5, 5.41) is 33.1. The molecule has 4 aliphatic rings. The molecule has 2 heterocycles. The Bertz CT molecular complexity index is 2400. The molecule has 2 aliphatic carbocycles. The first-order valence-corrected chi connectivity index (χ1v) is 18.3. The summed E-state index contributed by atoms with van der Waals surface area (Å²) in [7, 11) is 2.92. The molecule has 2 aliphatic heterocycles. The van der Waals surface area contributed by atoms with Gasteiger partial charge >= 0.3 is 5.97 Å². The SMILES string of the molecule is COc1ccc(C23C(=O)N(Nc4ccc(Cl)cc4Cl)C(=O)C2CC2C(=CCC4C(=O)N(c5ccc(C(=O)O)c(O)c5)C(=O)C42)C3c2c(O)cccc2OC)cc1. The van der Waals surface area contributed by atoms with Gasteiger partial charge in [-0.25, -0.2) is 9.69 Å². The Morgan fingerprint density at radius 2 is 1.61 bits per heavy atom. The molecule has 56 heavy (non-hydrogen) atoms. The first kappa shape index (κ1) is 36.9. The average Bonchev–Trinajstić information content (AvgIpc) is 3.56. The number of anilines is 2. The van der Waals surface area contributed by atoms with Gasteiger partial charge in [0.25, 0.3) is 11.8 Å². The minimum Gasteiger partial charge on any atom is -0.508 e. The van der Waals surface area contributed by atoms with Crippen molar-refractivity contribution in [2.45, 2.75) is 24.2 Å². The quantitative estimate of drug-likeness (QED) is 0.116. The van der Waals surface area contributed by atoms with Crippen molar-refractivity contribution in [1.82, 2.24) is 5.01 Å². The molecule has 4 amide bonds. The summed E-state index contributed by atoms with van der Waals surface area (Å²) in [5.41, 5.74) is 2.17. The Hall–Kier alpha value is -6.05. The number of hydrogen-bond acceptors (Lipinski definition) is 10. The first-order chi connectivity index (χ1) is 26.8. The molecule has 2 saturated heterocycles. The van der Waals surface area contributed by atoms with Gasteiger partial charge in [-0.1, -0.05) is 53.1 Å². The van der Waals surface area contributed by atoms with Crippen LogP contribution in [0.15, 0.2) is 90.5 Å². The van der Waals surface area contributed by atoms with Crippen LogP contribution < -0.4 is 19.8 Å². The third-order valence-corrected chi connectivity index (χ3v) is 12.1. The molecule has 0 radical (unpaired) electrons. The number of methoxy groups -OCH3 is 2. The van der Waals surface area contributed by atoms with Crippen molar-refractivity contribution in [1.29, 1.82) is 0 Å². The summed E-state index contributed by atoms with van der Waals surface area (Å²) >= 11 is 12.7. The summed E-state index contributed by atoms with van der Waals surface area (Å²) in [6.45, 7) is 0. The Morgan fingerprint density at radius 1 is 0.857 bits per heavy atom. The van der Waals surface area contributed by atoms with Gasteiger partial charge in [-0.05, 0) is 78.9 Å². The fourth-order valence-corrected chi connectivity index (χ4v) is 9.70. The summed E-state index contributed by atoms with van der Waals surface area (Å²) in [6, 6.07) is 19.4. The molecular weight excluding hydrogens is 765 g/mol. The molecule has 286 valence electrons. The van der Waals surface area contributed by atoms with Gasteiger partial charge in [-0.3, -0.25) is 24.6 Å². The number of aromatic hydroxyl groups is 2. The van der Waals surface area contributed by atoms with Gasteiger partial charge in [0.2, 0.25) is 11.8 Å². The number of rotatable bonds is 8. The van der Waals surface area contributed by atoms with Crippen LogP contribution in [0.1, 0.15) is 40.2 Å². The number of ether oxygens (including phenoxy) is 2. The van der Waals surface area contributed by atoms with Crippen LogP contribution in [0.4, 0.5) is 11.4 Å².